The largest absolute Gasteiger partial charge is 0.285 e. The number of hydrogen-bond acceptors (Lipinski definition) is 6. The van der Waals surface area contributed by atoms with Gasteiger partial charge in [0.05, 0.1) is 15.6 Å². The van der Waals surface area contributed by atoms with Crippen LogP contribution in [0.1, 0.15) is 62.1 Å². The molecule has 0 radical (unpaired) electrons. The van der Waals surface area contributed by atoms with Crippen LogP contribution in [0.4, 0.5) is 0 Å². The van der Waals surface area contributed by atoms with Crippen molar-refractivity contribution in [2.45, 2.75) is 0 Å². The van der Waals surface area contributed by atoms with E-state index in [1.54, 1.807) is 0 Å². The van der Waals surface area contributed by atoms with Gasteiger partial charge in [0.15, 0.2) is 0 Å². The lowest BCUT2D eigenvalue weighted by Gasteiger charge is -2.08. The van der Waals surface area contributed by atoms with E-state index in [0.29, 0.717) is 0 Å². The van der Waals surface area contributed by atoms with Gasteiger partial charge in [-0.25, -0.2) is 0 Å². The second kappa shape index (κ2) is 10.4. The number of carbonyl (C=O) groups is 6. The van der Waals surface area contributed by atoms with Gasteiger partial charge in [0, 0.05) is 27.8 Å². The maximum absolute atomic E-state index is 12.8. The molecule has 6 nitrogen and oxygen atoms in total. The van der Waals surface area contributed by atoms with E-state index in [1.807, 2.05) is 0 Å². The van der Waals surface area contributed by atoms with Crippen molar-refractivity contribution in [3.8, 4) is 0 Å². The fraction of sp³-hybridized carbons (Fsp3) is 0. The Hall–Kier alpha value is -3.16. The van der Waals surface area contributed by atoms with E-state index in [2.05, 4.69) is 0 Å². The summed E-state index contributed by atoms with van der Waals surface area (Å²) in [5.74, 6) is -4.13. The highest BCUT2D eigenvalue weighted by atomic mass is 35.5. The number of rotatable bonds is 8. The van der Waals surface area contributed by atoms with E-state index in [9.17, 15) is 28.8 Å². The van der Waals surface area contributed by atoms with E-state index in [-0.39, 0.29) is 43.4 Å². The first kappa shape index (κ1) is 25.5. The smallest absolute Gasteiger partial charge is 0.253 e. The highest BCUT2D eigenvalue weighted by Gasteiger charge is 2.27. The number of hydrogen-bond donors (Lipinski definition) is 0. The Morgan fingerprint density at radius 3 is 1.44 bits per heavy atom. The predicted molar refractivity (Wildman–Crippen MR) is 127 cm³/mol. The lowest BCUT2D eigenvalue weighted by Crippen LogP contribution is -2.19. The Morgan fingerprint density at radius 2 is 0.912 bits per heavy atom. The second-order valence-electron chi connectivity index (χ2n) is 6.78. The first-order chi connectivity index (χ1) is 16.0. The minimum absolute atomic E-state index is 0.140. The monoisotopic (exact) mass is 534 g/mol. The molecule has 0 unspecified atom stereocenters. The van der Waals surface area contributed by atoms with Crippen LogP contribution in [-0.4, -0.2) is 33.6 Å². The number of carbonyl (C=O) groups excluding carboxylic acids is 6. The van der Waals surface area contributed by atoms with Gasteiger partial charge in [-0.1, -0.05) is 59.6 Å². The summed E-state index contributed by atoms with van der Waals surface area (Å²) in [4.78, 5) is 73.9. The van der Waals surface area contributed by atoms with Gasteiger partial charge in [-0.05, 0) is 47.5 Å². The Labute approximate surface area is 212 Å². The maximum atomic E-state index is 12.8. The summed E-state index contributed by atoms with van der Waals surface area (Å²) in [7, 11) is 0. The van der Waals surface area contributed by atoms with E-state index in [4.69, 9.17) is 46.4 Å². The molecule has 3 rings (SSSR count). The second-order valence-corrected chi connectivity index (χ2v) is 8.22. The van der Waals surface area contributed by atoms with Crippen molar-refractivity contribution in [1.29, 1.82) is 0 Å². The predicted octanol–water partition coefficient (Wildman–Crippen LogP) is 5.88. The number of halogens is 4. The molecule has 0 atom stereocenters. The Balaban J connectivity index is 1.93. The fourth-order valence-corrected chi connectivity index (χ4v) is 3.91. The standard InChI is InChI=1S/C24H10Cl4O6/c25-17-15(8-9-16(18(17)26)24(28)34)22(32)20(30)12-5-3-4-11(10-12)19(29)21(31)13-6-1-2-7-14(13)23(27)33/h1-10H. The van der Waals surface area contributed by atoms with Crippen LogP contribution in [-0.2, 0) is 0 Å². The first-order valence-electron chi connectivity index (χ1n) is 9.29. The van der Waals surface area contributed by atoms with Gasteiger partial charge in [0.2, 0.25) is 23.1 Å². The summed E-state index contributed by atoms with van der Waals surface area (Å²) < 4.78 is 0. The van der Waals surface area contributed by atoms with Crippen LogP contribution in [0.15, 0.2) is 60.7 Å². The average Bonchev–Trinajstić information content (AvgIpc) is 2.83. The van der Waals surface area contributed by atoms with Crippen LogP contribution in [0.2, 0.25) is 10.0 Å². The SMILES string of the molecule is O=C(C(=O)c1ccccc1C(=O)Cl)c1cccc(C(=O)C(=O)c2ccc(C(=O)Cl)c(Cl)c2Cl)c1. The third-order valence-corrected chi connectivity index (χ3v) is 6.01. The van der Waals surface area contributed by atoms with Crippen LogP contribution < -0.4 is 0 Å². The van der Waals surface area contributed by atoms with E-state index in [0.717, 1.165) is 18.2 Å². The summed E-state index contributed by atoms with van der Waals surface area (Å²) in [5, 5.41) is -2.44. The molecule has 3 aromatic rings. The molecule has 0 amide bonds. The van der Waals surface area contributed by atoms with E-state index >= 15 is 0 Å². The van der Waals surface area contributed by atoms with Gasteiger partial charge in [-0.2, -0.15) is 0 Å². The first-order valence-corrected chi connectivity index (χ1v) is 10.8. The molecule has 0 aliphatic rings. The van der Waals surface area contributed by atoms with Gasteiger partial charge in [0.1, 0.15) is 0 Å². The zero-order chi connectivity index (χ0) is 25.2. The third kappa shape index (κ3) is 5.00. The molecule has 170 valence electrons. The molecule has 0 bridgehead atoms. The van der Waals surface area contributed by atoms with Gasteiger partial charge in [0.25, 0.3) is 10.5 Å². The van der Waals surface area contributed by atoms with Crippen molar-refractivity contribution in [1.82, 2.24) is 0 Å². The molecule has 0 aromatic heterocycles. The van der Waals surface area contributed by atoms with Crippen LogP contribution in [0.3, 0.4) is 0 Å². The molecule has 3 aromatic carbocycles. The van der Waals surface area contributed by atoms with Crippen molar-refractivity contribution >= 4 is 80.0 Å². The van der Waals surface area contributed by atoms with E-state index in [1.165, 1.54) is 42.5 Å². The minimum atomic E-state index is -1.06. The Bertz CT molecular complexity index is 1410. The molecule has 0 heterocycles. The number of Topliss-reactive ketones (excluding diaryl/α,β-unsaturated/α-hetero) is 4. The number of benzene rings is 3. The Kier molecular flexibility index (Phi) is 7.79. The quantitative estimate of drug-likeness (QED) is 0.202. The minimum Gasteiger partial charge on any atom is -0.285 e. The van der Waals surface area contributed by atoms with Gasteiger partial charge in [-0.15, -0.1) is 0 Å². The van der Waals surface area contributed by atoms with Crippen LogP contribution >= 0.6 is 46.4 Å². The highest BCUT2D eigenvalue weighted by Crippen LogP contribution is 2.31. The van der Waals surface area contributed by atoms with Crippen LogP contribution in [0.5, 0.6) is 0 Å². The lowest BCUT2D eigenvalue weighted by molar-refractivity contribution is 0.0812. The molecule has 0 saturated carbocycles. The van der Waals surface area contributed by atoms with Gasteiger partial charge in [-0.3, -0.25) is 28.8 Å². The molecule has 0 saturated heterocycles. The summed E-state index contributed by atoms with van der Waals surface area (Å²) in [5.41, 5.74) is -1.14. The molecule has 0 N–H and O–H groups in total. The molecule has 0 fully saturated rings. The Morgan fingerprint density at radius 1 is 0.471 bits per heavy atom. The molecular formula is C24H10Cl4O6. The van der Waals surface area contributed by atoms with Crippen molar-refractivity contribution in [2.24, 2.45) is 0 Å². The zero-order valence-electron chi connectivity index (χ0n) is 16.7. The normalized spacial score (nSPS) is 10.5. The zero-order valence-corrected chi connectivity index (χ0v) is 19.8. The summed E-state index contributed by atoms with van der Waals surface area (Å²) in [6.07, 6.45) is 0. The van der Waals surface area contributed by atoms with Gasteiger partial charge >= 0.3 is 0 Å². The molecule has 0 spiro atoms. The van der Waals surface area contributed by atoms with Crippen molar-refractivity contribution in [2.75, 3.05) is 0 Å². The summed E-state index contributed by atoms with van der Waals surface area (Å²) in [6.45, 7) is 0. The van der Waals surface area contributed by atoms with Gasteiger partial charge < -0.3 is 0 Å². The van der Waals surface area contributed by atoms with Crippen molar-refractivity contribution in [3.05, 3.63) is 104 Å². The fourth-order valence-electron chi connectivity index (χ4n) is 3.04. The van der Waals surface area contributed by atoms with E-state index < -0.39 is 33.6 Å². The molecule has 34 heavy (non-hydrogen) atoms. The third-order valence-electron chi connectivity index (χ3n) is 4.72. The van der Waals surface area contributed by atoms with Crippen LogP contribution in [0, 0.1) is 0 Å². The average molecular weight is 536 g/mol. The summed E-state index contributed by atoms with van der Waals surface area (Å²) in [6, 6.07) is 12.7. The molecule has 0 aliphatic heterocycles. The number of ketones is 4. The topological polar surface area (TPSA) is 102 Å². The van der Waals surface area contributed by atoms with Crippen LogP contribution in [0.25, 0.3) is 0 Å². The maximum Gasteiger partial charge on any atom is 0.253 e. The highest BCUT2D eigenvalue weighted by molar-refractivity contribution is 6.69. The lowest BCUT2D eigenvalue weighted by atomic mass is 9.95. The van der Waals surface area contributed by atoms with Crippen molar-refractivity contribution < 1.29 is 28.8 Å². The summed E-state index contributed by atoms with van der Waals surface area (Å²) >= 11 is 22.9. The molecule has 0 aliphatic carbocycles. The molecular weight excluding hydrogens is 526 g/mol. The van der Waals surface area contributed by atoms with Crippen molar-refractivity contribution in [3.63, 3.8) is 0 Å². The molecule has 10 heteroatoms.